The Hall–Kier alpha value is -1.46. The minimum atomic E-state index is -0.716. The molecule has 1 amide bonds. The van der Waals surface area contributed by atoms with Gasteiger partial charge in [0.1, 0.15) is 0 Å². The molecule has 0 unspecified atom stereocenters. The predicted molar refractivity (Wildman–Crippen MR) is 86.1 cm³/mol. The zero-order valence-electron chi connectivity index (χ0n) is 12.7. The average Bonchev–Trinajstić information content (AvgIpc) is 2.79. The highest BCUT2D eigenvalue weighted by Gasteiger charge is 2.48. The Morgan fingerprint density at radius 2 is 1.91 bits per heavy atom. The number of likely N-dealkylation sites (tertiary alicyclic amines) is 1. The Morgan fingerprint density at radius 3 is 2.41 bits per heavy atom. The second-order valence-corrected chi connectivity index (χ2v) is 6.66. The molecule has 120 valence electrons. The highest BCUT2D eigenvalue weighted by molar-refractivity contribution is 6.39. The number of amides is 1. The van der Waals surface area contributed by atoms with Gasteiger partial charge in [0.2, 0.25) is 0 Å². The Kier molecular flexibility index (Phi) is 4.59. The fourth-order valence-electron chi connectivity index (χ4n) is 2.69. The largest absolute Gasteiger partial charge is 0.469 e. The monoisotopic (exact) mass is 344 g/mol. The van der Waals surface area contributed by atoms with Crippen LogP contribution in [0.25, 0.3) is 0 Å². The van der Waals surface area contributed by atoms with Crippen molar-refractivity contribution in [1.29, 1.82) is 0 Å². The lowest BCUT2D eigenvalue weighted by atomic mass is 9.81. The number of nitrogens with zero attached hydrogens (tertiary/aromatic N) is 1. The van der Waals surface area contributed by atoms with Gasteiger partial charge in [0.25, 0.3) is 5.91 Å². The van der Waals surface area contributed by atoms with E-state index in [1.807, 2.05) is 6.92 Å². The Labute approximate surface area is 139 Å². The van der Waals surface area contributed by atoms with Crippen LogP contribution in [0.1, 0.15) is 24.2 Å². The molecule has 0 bridgehead atoms. The number of hydrogen-bond donors (Lipinski definition) is 1. The van der Waals surface area contributed by atoms with E-state index < -0.39 is 5.41 Å². The van der Waals surface area contributed by atoms with Gasteiger partial charge < -0.3 is 15.4 Å². The lowest BCUT2D eigenvalue weighted by Gasteiger charge is -2.24. The summed E-state index contributed by atoms with van der Waals surface area (Å²) in [6.45, 7) is 4.48. The lowest BCUT2D eigenvalue weighted by molar-refractivity contribution is -0.152. The van der Waals surface area contributed by atoms with Crippen LogP contribution in [0, 0.1) is 11.3 Å². The summed E-state index contributed by atoms with van der Waals surface area (Å²) in [5.41, 5.74) is 5.56. The molecule has 7 heteroatoms. The Balaban J connectivity index is 2.27. The van der Waals surface area contributed by atoms with Crippen molar-refractivity contribution < 1.29 is 14.3 Å². The summed E-state index contributed by atoms with van der Waals surface area (Å²) in [5, 5.41) is 0.470. The smallest absolute Gasteiger partial charge is 0.313 e. The molecule has 1 aromatic carbocycles. The first-order valence-corrected chi connectivity index (χ1v) is 7.58. The van der Waals surface area contributed by atoms with E-state index in [0.717, 1.165) is 0 Å². The van der Waals surface area contributed by atoms with E-state index in [2.05, 4.69) is 0 Å². The molecule has 1 fully saturated rings. The van der Waals surface area contributed by atoms with Crippen molar-refractivity contribution in [3.63, 3.8) is 0 Å². The molecule has 2 atom stereocenters. The summed E-state index contributed by atoms with van der Waals surface area (Å²) in [7, 11) is 1.35. The molecular formula is C15H18Cl2N2O3. The van der Waals surface area contributed by atoms with E-state index in [0.29, 0.717) is 18.7 Å². The molecule has 2 rings (SSSR count). The van der Waals surface area contributed by atoms with E-state index >= 15 is 0 Å². The standard InChI is InChI=1S/C15H18Cl2N2O3/c1-8-6-19(7-15(8,2)14(21)22-3)13(20)9-4-10(16)12(18)11(17)5-9/h4-5,8H,6-7,18H2,1-3H3/t8-,15-/m1/s1. The van der Waals surface area contributed by atoms with Gasteiger partial charge in [-0.05, 0) is 25.0 Å². The van der Waals surface area contributed by atoms with Crippen molar-refractivity contribution in [3.05, 3.63) is 27.7 Å². The molecule has 1 aliphatic heterocycles. The average molecular weight is 345 g/mol. The number of methoxy groups -OCH3 is 1. The summed E-state index contributed by atoms with van der Waals surface area (Å²) >= 11 is 11.9. The van der Waals surface area contributed by atoms with Crippen LogP contribution in [0.3, 0.4) is 0 Å². The molecule has 1 aliphatic rings. The van der Waals surface area contributed by atoms with Gasteiger partial charge in [0.05, 0.1) is 28.3 Å². The molecule has 1 heterocycles. The van der Waals surface area contributed by atoms with Gasteiger partial charge in [-0.1, -0.05) is 30.1 Å². The number of nitrogen functional groups attached to an aromatic ring is 1. The fraction of sp³-hybridized carbons (Fsp3) is 0.467. The summed E-state index contributed by atoms with van der Waals surface area (Å²) < 4.78 is 4.86. The third-order valence-electron chi connectivity index (χ3n) is 4.37. The van der Waals surface area contributed by atoms with E-state index in [9.17, 15) is 9.59 Å². The van der Waals surface area contributed by atoms with Crippen LogP contribution in [0.15, 0.2) is 12.1 Å². The molecule has 1 aromatic rings. The van der Waals surface area contributed by atoms with Crippen molar-refractivity contribution in [2.24, 2.45) is 11.3 Å². The number of rotatable bonds is 2. The van der Waals surface area contributed by atoms with Crippen LogP contribution in [0.4, 0.5) is 5.69 Å². The Morgan fingerprint density at radius 1 is 1.36 bits per heavy atom. The first-order valence-electron chi connectivity index (χ1n) is 6.83. The van der Waals surface area contributed by atoms with Crippen LogP contribution in [0.5, 0.6) is 0 Å². The van der Waals surface area contributed by atoms with Crippen LogP contribution < -0.4 is 5.73 Å². The number of nitrogens with two attached hydrogens (primary N) is 1. The van der Waals surface area contributed by atoms with Gasteiger partial charge in [0, 0.05) is 18.7 Å². The van der Waals surface area contributed by atoms with Crippen molar-refractivity contribution in [1.82, 2.24) is 4.90 Å². The van der Waals surface area contributed by atoms with Crippen LogP contribution in [-0.2, 0) is 9.53 Å². The highest BCUT2D eigenvalue weighted by Crippen LogP contribution is 2.38. The highest BCUT2D eigenvalue weighted by atomic mass is 35.5. The number of carbonyl (C=O) groups is 2. The maximum absolute atomic E-state index is 12.6. The SMILES string of the molecule is COC(=O)[C@]1(C)CN(C(=O)c2cc(Cl)c(N)c(Cl)c2)C[C@H]1C. The van der Waals surface area contributed by atoms with Crippen molar-refractivity contribution in [2.45, 2.75) is 13.8 Å². The van der Waals surface area contributed by atoms with Gasteiger partial charge in [0.15, 0.2) is 0 Å². The van der Waals surface area contributed by atoms with Gasteiger partial charge in [-0.3, -0.25) is 9.59 Å². The summed E-state index contributed by atoms with van der Waals surface area (Å²) in [6.07, 6.45) is 0. The molecule has 0 aromatic heterocycles. The molecular weight excluding hydrogens is 327 g/mol. The van der Waals surface area contributed by atoms with Gasteiger partial charge >= 0.3 is 5.97 Å². The maximum Gasteiger partial charge on any atom is 0.313 e. The molecule has 22 heavy (non-hydrogen) atoms. The van der Waals surface area contributed by atoms with Crippen LogP contribution in [0.2, 0.25) is 10.0 Å². The number of anilines is 1. The zero-order valence-corrected chi connectivity index (χ0v) is 14.2. The minimum absolute atomic E-state index is 0.0105. The summed E-state index contributed by atoms with van der Waals surface area (Å²) in [6, 6.07) is 2.98. The third kappa shape index (κ3) is 2.75. The normalized spacial score (nSPS) is 24.4. The van der Waals surface area contributed by atoms with E-state index in [1.54, 1.807) is 11.8 Å². The number of benzene rings is 1. The van der Waals surface area contributed by atoms with Crippen molar-refractivity contribution in [3.8, 4) is 0 Å². The van der Waals surface area contributed by atoms with E-state index in [1.165, 1.54) is 19.2 Å². The molecule has 0 aliphatic carbocycles. The van der Waals surface area contributed by atoms with E-state index in [4.69, 9.17) is 33.7 Å². The first-order chi connectivity index (χ1) is 10.2. The molecule has 0 saturated carbocycles. The maximum atomic E-state index is 12.6. The number of ether oxygens (including phenoxy) is 1. The minimum Gasteiger partial charge on any atom is -0.469 e. The van der Waals surface area contributed by atoms with Gasteiger partial charge in [-0.25, -0.2) is 0 Å². The third-order valence-corrected chi connectivity index (χ3v) is 4.99. The quantitative estimate of drug-likeness (QED) is 0.661. The summed E-state index contributed by atoms with van der Waals surface area (Å²) in [4.78, 5) is 26.2. The number of esters is 1. The van der Waals surface area contributed by atoms with Crippen molar-refractivity contribution >= 4 is 40.8 Å². The zero-order chi connectivity index (χ0) is 16.7. The Bertz CT molecular complexity index is 612. The number of carbonyl (C=O) groups excluding carboxylic acids is 2. The molecule has 0 radical (unpaired) electrons. The van der Waals surface area contributed by atoms with Crippen molar-refractivity contribution in [2.75, 3.05) is 25.9 Å². The lowest BCUT2D eigenvalue weighted by Crippen LogP contribution is -2.37. The molecule has 0 spiro atoms. The van der Waals surface area contributed by atoms with Gasteiger partial charge in [-0.2, -0.15) is 0 Å². The second-order valence-electron chi connectivity index (χ2n) is 5.85. The topological polar surface area (TPSA) is 72.6 Å². The fourth-order valence-corrected chi connectivity index (χ4v) is 3.18. The number of halogens is 2. The first kappa shape index (κ1) is 16.9. The van der Waals surface area contributed by atoms with Crippen LogP contribution in [-0.4, -0.2) is 37.0 Å². The van der Waals surface area contributed by atoms with Gasteiger partial charge in [-0.15, -0.1) is 0 Å². The molecule has 5 nitrogen and oxygen atoms in total. The predicted octanol–water partition coefficient (Wildman–Crippen LogP) is 2.85. The van der Waals surface area contributed by atoms with Crippen LogP contribution >= 0.6 is 23.2 Å². The number of hydrogen-bond acceptors (Lipinski definition) is 4. The molecule has 1 saturated heterocycles. The van der Waals surface area contributed by atoms with E-state index in [-0.39, 0.29) is 33.5 Å². The second kappa shape index (κ2) is 5.97. The summed E-state index contributed by atoms with van der Waals surface area (Å²) in [5.74, 6) is -0.560. The molecule has 2 N–H and O–H groups in total.